The van der Waals surface area contributed by atoms with Gasteiger partial charge in [-0.3, -0.25) is 4.79 Å². The lowest BCUT2D eigenvalue weighted by molar-refractivity contribution is -0.122. The standard InChI is InChI=1S/C21H22Cl5FN2O/c1-11-7-14(8-13(19(11)24)10-28-6-2-5-22)29-20(30)18-17(21(18,25)26)12-3-4-16(27)15(23)9-12/h3-4,8-9,14,17-18,28H,2,5-7,10H2,1H3,(H,29,30). The van der Waals surface area contributed by atoms with Crippen LogP contribution >= 0.6 is 58.0 Å². The average molecular weight is 515 g/mol. The van der Waals surface area contributed by atoms with Gasteiger partial charge in [0.25, 0.3) is 0 Å². The number of hydrogen-bond acceptors (Lipinski definition) is 2. The molecule has 3 atom stereocenters. The van der Waals surface area contributed by atoms with Crippen LogP contribution in [0.5, 0.6) is 0 Å². The van der Waals surface area contributed by atoms with Gasteiger partial charge in [-0.05, 0) is 49.6 Å². The third-order valence-electron chi connectivity index (χ3n) is 5.35. The van der Waals surface area contributed by atoms with Gasteiger partial charge in [-0.1, -0.05) is 40.9 Å². The number of nitrogens with one attached hydrogen (secondary N) is 2. The Balaban J connectivity index is 1.67. The molecule has 164 valence electrons. The van der Waals surface area contributed by atoms with Gasteiger partial charge in [0.2, 0.25) is 5.91 Å². The summed E-state index contributed by atoms with van der Waals surface area (Å²) < 4.78 is 12.2. The molecule has 2 N–H and O–H groups in total. The molecule has 1 aromatic rings. The van der Waals surface area contributed by atoms with Crippen molar-refractivity contribution in [1.82, 2.24) is 10.6 Å². The first-order valence-corrected chi connectivity index (χ1v) is 11.7. The second kappa shape index (κ2) is 9.97. The zero-order valence-electron chi connectivity index (χ0n) is 16.3. The summed E-state index contributed by atoms with van der Waals surface area (Å²) in [6.07, 6.45) is 3.42. The van der Waals surface area contributed by atoms with Gasteiger partial charge in [0, 0.05) is 23.4 Å². The van der Waals surface area contributed by atoms with Crippen LogP contribution in [0.15, 0.2) is 40.5 Å². The van der Waals surface area contributed by atoms with Crippen molar-refractivity contribution in [3.63, 3.8) is 0 Å². The van der Waals surface area contributed by atoms with E-state index in [1.165, 1.54) is 12.1 Å². The Morgan fingerprint density at radius 1 is 1.30 bits per heavy atom. The minimum absolute atomic E-state index is 0.0281. The van der Waals surface area contributed by atoms with Crippen LogP contribution in [0, 0.1) is 11.7 Å². The van der Waals surface area contributed by atoms with Crippen molar-refractivity contribution < 1.29 is 9.18 Å². The maximum Gasteiger partial charge on any atom is 0.227 e. The van der Waals surface area contributed by atoms with E-state index in [1.807, 2.05) is 13.0 Å². The molecule has 0 saturated heterocycles. The van der Waals surface area contributed by atoms with Crippen LogP contribution in [0.25, 0.3) is 0 Å². The lowest BCUT2D eigenvalue weighted by Crippen LogP contribution is -2.38. The third kappa shape index (κ3) is 5.28. The lowest BCUT2D eigenvalue weighted by atomic mass is 9.95. The highest BCUT2D eigenvalue weighted by atomic mass is 35.5. The Kier molecular flexibility index (Phi) is 8.03. The zero-order chi connectivity index (χ0) is 22.1. The Morgan fingerprint density at radius 2 is 2.03 bits per heavy atom. The maximum absolute atomic E-state index is 13.5. The summed E-state index contributed by atoms with van der Waals surface area (Å²) >= 11 is 30.8. The predicted octanol–water partition coefficient (Wildman–Crippen LogP) is 5.91. The topological polar surface area (TPSA) is 41.1 Å². The summed E-state index contributed by atoms with van der Waals surface area (Å²) in [5.41, 5.74) is 2.56. The summed E-state index contributed by atoms with van der Waals surface area (Å²) in [5, 5.41) is 7.00. The van der Waals surface area contributed by atoms with Crippen molar-refractivity contribution in [2.45, 2.75) is 36.1 Å². The predicted molar refractivity (Wildman–Crippen MR) is 123 cm³/mol. The second-order valence-electron chi connectivity index (χ2n) is 7.63. The summed E-state index contributed by atoms with van der Waals surface area (Å²) in [4.78, 5) is 12.9. The number of rotatable bonds is 8. The highest BCUT2D eigenvalue weighted by Crippen LogP contribution is 2.65. The fourth-order valence-electron chi connectivity index (χ4n) is 3.76. The van der Waals surface area contributed by atoms with Crippen LogP contribution in [0.4, 0.5) is 4.39 Å². The van der Waals surface area contributed by atoms with E-state index in [0.717, 1.165) is 24.1 Å². The molecular formula is C21H22Cl5FN2O. The Morgan fingerprint density at radius 3 is 2.70 bits per heavy atom. The fraction of sp³-hybridized carbons (Fsp3) is 0.476. The average Bonchev–Trinajstić information content (AvgIpc) is 3.27. The van der Waals surface area contributed by atoms with Gasteiger partial charge in [0.1, 0.15) is 10.2 Å². The van der Waals surface area contributed by atoms with Crippen molar-refractivity contribution in [3.8, 4) is 0 Å². The molecule has 0 bridgehead atoms. The highest BCUT2D eigenvalue weighted by Gasteiger charge is 2.67. The minimum atomic E-state index is -1.27. The normalized spacial score (nSPS) is 25.2. The number of alkyl halides is 3. The third-order valence-corrected chi connectivity index (χ3v) is 7.42. The molecule has 0 aliphatic heterocycles. The highest BCUT2D eigenvalue weighted by molar-refractivity contribution is 6.53. The van der Waals surface area contributed by atoms with E-state index in [4.69, 9.17) is 58.0 Å². The molecule has 0 heterocycles. The molecule has 0 radical (unpaired) electrons. The van der Waals surface area contributed by atoms with Crippen molar-refractivity contribution in [2.75, 3.05) is 19.0 Å². The van der Waals surface area contributed by atoms with Crippen LogP contribution < -0.4 is 10.6 Å². The molecule has 9 heteroatoms. The molecular weight excluding hydrogens is 493 g/mol. The first-order valence-electron chi connectivity index (χ1n) is 9.63. The molecule has 3 unspecified atom stereocenters. The molecule has 0 spiro atoms. The van der Waals surface area contributed by atoms with Crippen molar-refractivity contribution >= 4 is 63.9 Å². The zero-order valence-corrected chi connectivity index (χ0v) is 20.0. The van der Waals surface area contributed by atoms with Crippen LogP contribution in [0.1, 0.15) is 31.2 Å². The molecule has 3 nitrogen and oxygen atoms in total. The Hall–Kier alpha value is -0.490. The molecule has 2 aliphatic rings. The van der Waals surface area contributed by atoms with Gasteiger partial charge in [-0.2, -0.15) is 0 Å². The van der Waals surface area contributed by atoms with Crippen LogP contribution in [0.3, 0.4) is 0 Å². The van der Waals surface area contributed by atoms with Crippen LogP contribution in [0.2, 0.25) is 5.02 Å². The SMILES string of the molecule is CC1=C(Cl)C(CNCCCCl)=CC(NC(=O)C2C(c3ccc(F)c(Cl)c3)C2(Cl)Cl)C1. The Labute approximate surface area is 200 Å². The molecule has 3 rings (SSSR count). The van der Waals surface area contributed by atoms with Crippen molar-refractivity contribution in [2.24, 2.45) is 5.92 Å². The van der Waals surface area contributed by atoms with E-state index in [0.29, 0.717) is 29.4 Å². The van der Waals surface area contributed by atoms with E-state index in [9.17, 15) is 9.18 Å². The Bertz CT molecular complexity index is 886. The molecule has 1 aromatic carbocycles. The van der Waals surface area contributed by atoms with Crippen LogP contribution in [-0.2, 0) is 4.79 Å². The molecule has 1 saturated carbocycles. The van der Waals surface area contributed by atoms with E-state index < -0.39 is 22.0 Å². The lowest BCUT2D eigenvalue weighted by Gasteiger charge is -2.24. The van der Waals surface area contributed by atoms with Gasteiger partial charge in [-0.25, -0.2) is 4.39 Å². The largest absolute Gasteiger partial charge is 0.349 e. The summed E-state index contributed by atoms with van der Waals surface area (Å²) in [7, 11) is 0. The molecule has 30 heavy (non-hydrogen) atoms. The summed E-state index contributed by atoms with van der Waals surface area (Å²) in [6.45, 7) is 3.32. The second-order valence-corrected chi connectivity index (χ2v) is 10.2. The summed E-state index contributed by atoms with van der Waals surface area (Å²) in [5.74, 6) is -1.30. The maximum atomic E-state index is 13.5. The first kappa shape index (κ1) is 24.2. The molecule has 1 amide bonds. The van der Waals surface area contributed by atoms with E-state index in [2.05, 4.69) is 10.6 Å². The summed E-state index contributed by atoms with van der Waals surface area (Å²) in [6, 6.07) is 4.05. The van der Waals surface area contributed by atoms with Gasteiger partial charge in [-0.15, -0.1) is 34.8 Å². The van der Waals surface area contributed by atoms with Gasteiger partial charge in [0.05, 0.1) is 17.0 Å². The van der Waals surface area contributed by atoms with Gasteiger partial charge >= 0.3 is 0 Å². The quantitative estimate of drug-likeness (QED) is 0.334. The molecule has 0 aromatic heterocycles. The number of carbonyl (C=O) groups is 1. The van der Waals surface area contributed by atoms with E-state index in [-0.39, 0.29) is 17.0 Å². The minimum Gasteiger partial charge on any atom is -0.349 e. The van der Waals surface area contributed by atoms with Gasteiger partial charge in [0.15, 0.2) is 0 Å². The first-order chi connectivity index (χ1) is 14.2. The number of hydrogen-bond donors (Lipinski definition) is 2. The number of amides is 1. The number of carbonyl (C=O) groups excluding carboxylic acids is 1. The number of halogens is 6. The molecule has 1 fully saturated rings. The number of benzene rings is 1. The fourth-order valence-corrected chi connectivity index (χ4v) is 5.12. The van der Waals surface area contributed by atoms with Gasteiger partial charge < -0.3 is 10.6 Å². The van der Waals surface area contributed by atoms with E-state index in [1.54, 1.807) is 6.07 Å². The van der Waals surface area contributed by atoms with E-state index >= 15 is 0 Å². The smallest absolute Gasteiger partial charge is 0.227 e. The van der Waals surface area contributed by atoms with Crippen molar-refractivity contribution in [3.05, 3.63) is 56.9 Å². The molecule has 2 aliphatic carbocycles. The monoisotopic (exact) mass is 512 g/mol. The van der Waals surface area contributed by atoms with Crippen LogP contribution in [-0.4, -0.2) is 35.3 Å². The van der Waals surface area contributed by atoms with Crippen molar-refractivity contribution in [1.29, 1.82) is 0 Å².